The summed E-state index contributed by atoms with van der Waals surface area (Å²) in [7, 11) is 0. The van der Waals surface area contributed by atoms with E-state index in [9.17, 15) is 9.59 Å². The predicted octanol–water partition coefficient (Wildman–Crippen LogP) is 2.83. The van der Waals surface area contributed by atoms with Gasteiger partial charge in [-0.05, 0) is 24.6 Å². The number of carboxylic acid groups (broad SMARTS) is 1. The molecule has 3 N–H and O–H groups in total. The van der Waals surface area contributed by atoms with Crippen LogP contribution in [0.5, 0.6) is 0 Å². The van der Waals surface area contributed by atoms with E-state index in [-0.39, 0.29) is 19.0 Å². The maximum Gasteiger partial charge on any atom is 0.315 e. The van der Waals surface area contributed by atoms with Crippen molar-refractivity contribution in [1.29, 1.82) is 0 Å². The maximum absolute atomic E-state index is 11.5. The van der Waals surface area contributed by atoms with Gasteiger partial charge in [-0.25, -0.2) is 4.79 Å². The summed E-state index contributed by atoms with van der Waals surface area (Å²) in [5, 5.41) is 14.5. The van der Waals surface area contributed by atoms with E-state index in [1.165, 1.54) is 0 Å². The average Bonchev–Trinajstić information content (AvgIpc) is 2.27. The van der Waals surface area contributed by atoms with E-state index in [0.717, 1.165) is 5.56 Å². The zero-order chi connectivity index (χ0) is 14.4. The van der Waals surface area contributed by atoms with Crippen LogP contribution in [0.4, 0.5) is 4.79 Å². The van der Waals surface area contributed by atoms with Crippen LogP contribution in [0.2, 0.25) is 10.0 Å². The Morgan fingerprint density at radius 1 is 1.37 bits per heavy atom. The minimum Gasteiger partial charge on any atom is -0.481 e. The van der Waals surface area contributed by atoms with Gasteiger partial charge in [0.2, 0.25) is 0 Å². The molecule has 1 atom stereocenters. The number of amides is 2. The van der Waals surface area contributed by atoms with Crippen molar-refractivity contribution in [3.63, 3.8) is 0 Å². The molecule has 2 amide bonds. The fourth-order valence-corrected chi connectivity index (χ4v) is 2.03. The largest absolute Gasteiger partial charge is 0.481 e. The third-order valence-corrected chi connectivity index (χ3v) is 2.96. The topological polar surface area (TPSA) is 78.4 Å². The maximum atomic E-state index is 11.5. The lowest BCUT2D eigenvalue weighted by atomic mass is 10.1. The number of aliphatic carboxylic acids is 1. The molecule has 0 fully saturated rings. The van der Waals surface area contributed by atoms with E-state index in [2.05, 4.69) is 10.6 Å². The van der Waals surface area contributed by atoms with Gasteiger partial charge in [0.05, 0.1) is 12.5 Å². The Labute approximate surface area is 120 Å². The SMILES string of the molecule is CC(NC(=O)NCCC(=O)O)c1ccc(Cl)cc1Cl. The molecular weight excluding hydrogens is 291 g/mol. The first-order chi connectivity index (χ1) is 8.90. The van der Waals surface area contributed by atoms with Gasteiger partial charge in [0.1, 0.15) is 0 Å². The molecule has 104 valence electrons. The molecule has 0 aliphatic rings. The van der Waals surface area contributed by atoms with E-state index in [4.69, 9.17) is 28.3 Å². The number of hydrogen-bond donors (Lipinski definition) is 3. The Bertz CT molecular complexity index is 480. The summed E-state index contributed by atoms with van der Waals surface area (Å²) in [6.07, 6.45) is -0.122. The number of carboxylic acids is 1. The molecule has 1 unspecified atom stereocenters. The molecule has 0 spiro atoms. The second-order valence-electron chi connectivity index (χ2n) is 3.93. The summed E-state index contributed by atoms with van der Waals surface area (Å²) in [5.74, 6) is -0.964. The van der Waals surface area contributed by atoms with Gasteiger partial charge < -0.3 is 15.7 Å². The molecule has 0 heterocycles. The molecule has 0 saturated carbocycles. The van der Waals surface area contributed by atoms with Crippen molar-refractivity contribution >= 4 is 35.2 Å². The number of benzene rings is 1. The van der Waals surface area contributed by atoms with E-state index >= 15 is 0 Å². The summed E-state index contributed by atoms with van der Waals surface area (Å²) >= 11 is 11.8. The highest BCUT2D eigenvalue weighted by Gasteiger charge is 2.12. The molecule has 1 aromatic carbocycles. The van der Waals surface area contributed by atoms with Gasteiger partial charge in [0, 0.05) is 16.6 Å². The van der Waals surface area contributed by atoms with Gasteiger partial charge in [-0.1, -0.05) is 29.3 Å². The number of rotatable bonds is 5. The van der Waals surface area contributed by atoms with Crippen molar-refractivity contribution in [1.82, 2.24) is 10.6 Å². The lowest BCUT2D eigenvalue weighted by molar-refractivity contribution is -0.136. The van der Waals surface area contributed by atoms with E-state index in [1.807, 2.05) is 0 Å². The van der Waals surface area contributed by atoms with Crippen LogP contribution in [0.25, 0.3) is 0 Å². The molecule has 5 nitrogen and oxygen atoms in total. The minimum absolute atomic E-state index is 0.0717. The number of halogens is 2. The van der Waals surface area contributed by atoms with Crippen molar-refractivity contribution < 1.29 is 14.7 Å². The fourth-order valence-electron chi connectivity index (χ4n) is 1.46. The Morgan fingerprint density at radius 2 is 2.05 bits per heavy atom. The van der Waals surface area contributed by atoms with Gasteiger partial charge in [-0.3, -0.25) is 4.79 Å². The summed E-state index contributed by atoms with van der Waals surface area (Å²) in [6, 6.07) is 4.25. The highest BCUT2D eigenvalue weighted by Crippen LogP contribution is 2.25. The monoisotopic (exact) mass is 304 g/mol. The second kappa shape index (κ2) is 7.21. The van der Waals surface area contributed by atoms with Crippen LogP contribution in [0.15, 0.2) is 18.2 Å². The molecule has 7 heteroatoms. The zero-order valence-electron chi connectivity index (χ0n) is 10.2. The van der Waals surface area contributed by atoms with Crippen molar-refractivity contribution in [3.8, 4) is 0 Å². The molecule has 0 bridgehead atoms. The first-order valence-corrected chi connectivity index (χ1v) is 6.37. The number of carbonyl (C=O) groups is 2. The van der Waals surface area contributed by atoms with Crippen LogP contribution in [0.3, 0.4) is 0 Å². The molecule has 0 saturated heterocycles. The van der Waals surface area contributed by atoms with E-state index < -0.39 is 12.0 Å². The lowest BCUT2D eigenvalue weighted by Gasteiger charge is -2.16. The highest BCUT2D eigenvalue weighted by atomic mass is 35.5. The minimum atomic E-state index is -0.964. The van der Waals surface area contributed by atoms with E-state index in [1.54, 1.807) is 25.1 Å². The first kappa shape index (κ1) is 15.6. The van der Waals surface area contributed by atoms with Gasteiger partial charge in [-0.2, -0.15) is 0 Å². The quantitative estimate of drug-likeness (QED) is 0.782. The first-order valence-electron chi connectivity index (χ1n) is 5.61. The van der Waals surface area contributed by atoms with Crippen LogP contribution < -0.4 is 10.6 Å². The predicted molar refractivity (Wildman–Crippen MR) is 73.7 cm³/mol. The highest BCUT2D eigenvalue weighted by molar-refractivity contribution is 6.35. The van der Waals surface area contributed by atoms with Gasteiger partial charge in [0.15, 0.2) is 0 Å². The Balaban J connectivity index is 2.52. The average molecular weight is 305 g/mol. The van der Waals surface area contributed by atoms with Crippen LogP contribution in [0.1, 0.15) is 24.9 Å². The van der Waals surface area contributed by atoms with Crippen LogP contribution in [0, 0.1) is 0 Å². The number of hydrogen-bond acceptors (Lipinski definition) is 2. The molecular formula is C12H14Cl2N2O3. The Kier molecular flexibility index (Phi) is 5.92. The number of carbonyl (C=O) groups excluding carboxylic acids is 1. The van der Waals surface area contributed by atoms with Crippen LogP contribution >= 0.6 is 23.2 Å². The molecule has 0 radical (unpaired) electrons. The third-order valence-electron chi connectivity index (χ3n) is 2.40. The zero-order valence-corrected chi connectivity index (χ0v) is 11.8. The Morgan fingerprint density at radius 3 is 2.63 bits per heavy atom. The molecule has 0 aromatic heterocycles. The summed E-state index contributed by atoms with van der Waals surface area (Å²) < 4.78 is 0. The number of nitrogens with one attached hydrogen (secondary N) is 2. The standard InChI is InChI=1S/C12H14Cl2N2O3/c1-7(9-3-2-8(13)6-10(9)14)16-12(19)15-5-4-11(17)18/h2-3,6-7H,4-5H2,1H3,(H,17,18)(H2,15,16,19). The van der Waals surface area contributed by atoms with Crippen molar-refractivity contribution in [2.75, 3.05) is 6.54 Å². The van der Waals surface area contributed by atoms with Gasteiger partial charge in [0.25, 0.3) is 0 Å². The van der Waals surface area contributed by atoms with Crippen molar-refractivity contribution in [2.45, 2.75) is 19.4 Å². The van der Waals surface area contributed by atoms with Crippen LogP contribution in [-0.2, 0) is 4.79 Å². The van der Waals surface area contributed by atoms with Crippen molar-refractivity contribution in [2.24, 2.45) is 0 Å². The molecule has 0 aliphatic carbocycles. The normalized spacial score (nSPS) is 11.7. The third kappa shape index (κ3) is 5.36. The second-order valence-corrected chi connectivity index (χ2v) is 4.78. The lowest BCUT2D eigenvalue weighted by Crippen LogP contribution is -2.38. The molecule has 1 aromatic rings. The summed E-state index contributed by atoms with van der Waals surface area (Å²) in [6.45, 7) is 1.84. The fraction of sp³-hybridized carbons (Fsp3) is 0.333. The van der Waals surface area contributed by atoms with Gasteiger partial charge >= 0.3 is 12.0 Å². The molecule has 19 heavy (non-hydrogen) atoms. The molecule has 0 aliphatic heterocycles. The number of urea groups is 1. The molecule has 1 rings (SSSR count). The smallest absolute Gasteiger partial charge is 0.315 e. The Hall–Kier alpha value is -1.46. The van der Waals surface area contributed by atoms with Gasteiger partial charge in [-0.15, -0.1) is 0 Å². The van der Waals surface area contributed by atoms with Crippen LogP contribution in [-0.4, -0.2) is 23.7 Å². The summed E-state index contributed by atoms with van der Waals surface area (Å²) in [5.41, 5.74) is 0.736. The van der Waals surface area contributed by atoms with E-state index in [0.29, 0.717) is 10.0 Å². The summed E-state index contributed by atoms with van der Waals surface area (Å²) in [4.78, 5) is 21.8. The van der Waals surface area contributed by atoms with Crippen molar-refractivity contribution in [3.05, 3.63) is 33.8 Å².